The first-order valence-corrected chi connectivity index (χ1v) is 11.5. The fourth-order valence-corrected chi connectivity index (χ4v) is 6.54. The summed E-state index contributed by atoms with van der Waals surface area (Å²) in [7, 11) is 0. The Labute approximate surface area is 142 Å². The van der Waals surface area contributed by atoms with Crippen LogP contribution in [0.2, 0.25) is 0 Å². The first kappa shape index (κ1) is 16.4. The molecule has 2 nitrogen and oxygen atoms in total. The molecule has 0 aliphatic heterocycles. The van der Waals surface area contributed by atoms with Crippen molar-refractivity contribution in [3.05, 3.63) is 96.4 Å². The van der Waals surface area contributed by atoms with Gasteiger partial charge in [0.05, 0.1) is 0 Å². The summed E-state index contributed by atoms with van der Waals surface area (Å²) >= 11 is -0.866. The number of hydrogen-bond acceptors (Lipinski definition) is 1. The molecular weight excluding hydrogens is 465 g/mol. The van der Waals surface area contributed by atoms with E-state index in [0.717, 1.165) is 0 Å². The molecule has 0 spiro atoms. The molecule has 107 valence electrons. The zero-order valence-electron chi connectivity index (χ0n) is 12.1. The monoisotopic (exact) mass is 482 g/mol. The van der Waals surface area contributed by atoms with Gasteiger partial charge in [-0.1, -0.05) is 18.2 Å². The Kier molecular flexibility index (Phi) is 6.83. The van der Waals surface area contributed by atoms with Gasteiger partial charge in [0.25, 0.3) is 0 Å². The van der Waals surface area contributed by atoms with Gasteiger partial charge in [-0.2, -0.15) is 0 Å². The zero-order chi connectivity index (χ0) is 15.6. The van der Waals surface area contributed by atoms with Crippen LogP contribution in [0.5, 0.6) is 5.75 Å². The van der Waals surface area contributed by atoms with Crippen LogP contribution < -0.4 is 11.7 Å². The van der Waals surface area contributed by atoms with E-state index in [1.807, 2.05) is 0 Å². The molecule has 0 amide bonds. The molecule has 3 aromatic rings. The van der Waals surface area contributed by atoms with Crippen LogP contribution in [0.3, 0.4) is 0 Å². The van der Waals surface area contributed by atoms with Gasteiger partial charge >= 0.3 is 96.6 Å². The van der Waals surface area contributed by atoms with Gasteiger partial charge < -0.3 is 5.11 Å². The summed E-state index contributed by atoms with van der Waals surface area (Å²) in [5.74, 6) is -0.0972. The summed E-state index contributed by atoms with van der Waals surface area (Å²) in [6, 6.07) is 29.6. The van der Waals surface area contributed by atoms with Crippen molar-refractivity contribution in [2.75, 3.05) is 0 Å². The van der Waals surface area contributed by atoms with Crippen LogP contribution in [0, 0.1) is 0 Å². The number of benzene rings is 2. The Morgan fingerprint density at radius 3 is 1.50 bits per heavy atom. The van der Waals surface area contributed by atoms with Crippen molar-refractivity contribution in [3.63, 3.8) is 0 Å². The maximum atomic E-state index is 8.83. The molecule has 0 bridgehead atoms. The van der Waals surface area contributed by atoms with E-state index in [4.69, 9.17) is 9.90 Å². The van der Waals surface area contributed by atoms with Crippen LogP contribution in [0.25, 0.3) is 0 Å². The summed E-state index contributed by atoms with van der Waals surface area (Å²) in [4.78, 5) is 8.83. The van der Waals surface area contributed by atoms with Crippen molar-refractivity contribution in [1.82, 2.24) is 0 Å². The van der Waals surface area contributed by atoms with Crippen LogP contribution in [0.4, 0.5) is 0 Å². The molecule has 22 heavy (non-hydrogen) atoms. The van der Waals surface area contributed by atoms with E-state index < -0.39 is 24.2 Å². The second-order valence-electron chi connectivity index (χ2n) is 4.65. The fourth-order valence-electron chi connectivity index (χ4n) is 1.82. The zero-order valence-corrected chi connectivity index (χ0v) is 16.6. The average molecular weight is 482 g/mol. The Morgan fingerprint density at radius 1 is 0.591 bits per heavy atom. The van der Waals surface area contributed by atoms with Crippen LogP contribution in [-0.2, 0) is 0 Å². The van der Waals surface area contributed by atoms with Crippen molar-refractivity contribution in [2.45, 2.75) is 0 Å². The van der Waals surface area contributed by atoms with Crippen molar-refractivity contribution in [1.29, 1.82) is 0 Å². The summed E-state index contributed by atoms with van der Waals surface area (Å²) in [5, 5.41) is 8.83. The van der Waals surface area contributed by atoms with Crippen LogP contribution in [0.15, 0.2) is 91.0 Å². The molecule has 3 heteroatoms. The molecule has 0 atom stereocenters. The molecule has 0 unspecified atom stereocenters. The second-order valence-corrected chi connectivity index (χ2v) is 11.0. The molecule has 0 aliphatic rings. The van der Waals surface area contributed by atoms with Gasteiger partial charge in [-0.15, -0.1) is 0 Å². The van der Waals surface area contributed by atoms with E-state index in [1.165, 1.54) is 12.1 Å². The second kappa shape index (κ2) is 9.15. The molecule has 0 aliphatic carbocycles. The molecule has 0 saturated heterocycles. The van der Waals surface area contributed by atoms with Gasteiger partial charge in [0, 0.05) is 6.07 Å². The summed E-state index contributed by atoms with van der Waals surface area (Å²) in [6.07, 6.45) is 0. The van der Waals surface area contributed by atoms with Crippen molar-refractivity contribution < 1.29 is 9.90 Å². The van der Waals surface area contributed by atoms with Crippen LogP contribution in [0.1, 0.15) is 0 Å². The Morgan fingerprint density at radius 2 is 1.00 bits per heavy atom. The Balaban J connectivity index is 0.000000172. The topological polar surface area (TPSA) is 41.6 Å². The number of aromatic hydroxyl groups is 1. The third-order valence-electron chi connectivity index (χ3n) is 2.93. The predicted octanol–water partition coefficient (Wildman–Crippen LogP) is 1.74. The molecule has 0 saturated carbocycles. The van der Waals surface area contributed by atoms with E-state index in [9.17, 15) is 0 Å². The minimum absolute atomic E-state index is 0.0972. The van der Waals surface area contributed by atoms with Crippen molar-refractivity contribution >= 4 is 30.5 Å². The SMILES string of the molecule is Oc1cccccc1=[OH+].c1cc[c]([Tl][c]2ccccc2)cc1. The Bertz CT molecular complexity index is 706. The normalized spacial score (nSPS) is 9.09. The third kappa shape index (κ3) is 5.81. The minimum atomic E-state index is -0.866. The van der Waals surface area contributed by atoms with Crippen molar-refractivity contribution in [2.24, 2.45) is 0 Å². The summed E-state index contributed by atoms with van der Waals surface area (Å²) < 4.78 is 3.16. The first-order valence-electron chi connectivity index (χ1n) is 7.01. The molecule has 2 N–H and O–H groups in total. The van der Waals surface area contributed by atoms with Gasteiger partial charge in [0.15, 0.2) is 0 Å². The molecule has 0 fully saturated rings. The van der Waals surface area contributed by atoms with E-state index >= 15 is 0 Å². The Hall–Kier alpha value is -1.95. The third-order valence-corrected chi connectivity index (χ3v) is 8.51. The molecule has 0 radical (unpaired) electrons. The van der Waals surface area contributed by atoms with Gasteiger partial charge in [-0.3, -0.25) is 4.79 Å². The molecular formula is C19H17O2Tl+. The number of hydrogen-bond donors (Lipinski definition) is 1. The van der Waals surface area contributed by atoms with Gasteiger partial charge in [-0.25, -0.2) is 0 Å². The first-order chi connectivity index (χ1) is 10.8. The quantitative estimate of drug-likeness (QED) is 0.440. The fraction of sp³-hybridized carbons (Fsp3) is 0. The number of rotatable bonds is 2. The predicted molar refractivity (Wildman–Crippen MR) is 91.1 cm³/mol. The molecule has 0 heterocycles. The molecule has 3 rings (SSSR count). The molecule has 0 aromatic heterocycles. The van der Waals surface area contributed by atoms with Gasteiger partial charge in [0.1, 0.15) is 0 Å². The van der Waals surface area contributed by atoms with Crippen molar-refractivity contribution in [3.8, 4) is 5.75 Å². The summed E-state index contributed by atoms with van der Waals surface area (Å²) in [5.41, 5.74) is -0.0972. The van der Waals surface area contributed by atoms with Gasteiger partial charge in [-0.05, 0) is 6.07 Å². The molecule has 3 aromatic carbocycles. The maximum absolute atomic E-state index is 8.83. The van der Waals surface area contributed by atoms with E-state index in [2.05, 4.69) is 60.7 Å². The van der Waals surface area contributed by atoms with E-state index in [0.29, 0.717) is 0 Å². The standard InChI is InChI=1S/C7H6O2.2C6H5.Tl/c8-6-4-2-1-3-5-7(6)9;2*1-2-4-6-5-3-1;/h1-5H,(H,8,9);2*1-5H;/p+1. The van der Waals surface area contributed by atoms with E-state index in [-0.39, 0.29) is 11.2 Å². The van der Waals surface area contributed by atoms with Crippen LogP contribution >= 0.6 is 0 Å². The van der Waals surface area contributed by atoms with E-state index in [1.54, 1.807) is 24.4 Å². The van der Waals surface area contributed by atoms with Gasteiger partial charge in [0.2, 0.25) is 5.75 Å². The average Bonchev–Trinajstić information content (AvgIpc) is 2.74. The van der Waals surface area contributed by atoms with Crippen LogP contribution in [-0.4, -0.2) is 34.1 Å². The summed E-state index contributed by atoms with van der Waals surface area (Å²) in [6.45, 7) is 0.